The Morgan fingerprint density at radius 2 is 0.410 bits per heavy atom. The van der Waals surface area contributed by atoms with Crippen LogP contribution in [0.15, 0.2) is 510 Å². The molecule has 5 aromatic heterocycles. The van der Waals surface area contributed by atoms with Gasteiger partial charge in [0, 0.05) is 87.2 Å². The van der Waals surface area contributed by atoms with Gasteiger partial charge in [0.25, 0.3) is 0 Å². The highest BCUT2D eigenvalue weighted by Crippen LogP contribution is 2.50. The van der Waals surface area contributed by atoms with Crippen molar-refractivity contribution in [3.8, 4) is 101 Å². The first-order valence-corrected chi connectivity index (χ1v) is 52.9. The SMILES string of the molecule is S=P(c1ccccc1)(c1ccccc1)c1ccc(-c2c3ccccc3c(-c3ccccn3)c3ccccc23)cc1.S=P(c1ccccc1)(c1ccccc1)c1ccc(-c2c3ccccc3c(-c3nccc4ccccc34)c3ccccc23)cc1.S=P(c1ccccc1)(c1ccccc1)c1ccc(-c2nc(-c3cccc(-c4ccccn4)c3)nc(-c3cccc(-c4ccccn4)c3)n2)cc1. The summed E-state index contributed by atoms with van der Waals surface area (Å²) in [6, 6.07) is 163. The van der Waals surface area contributed by atoms with Crippen molar-refractivity contribution in [2.45, 2.75) is 0 Å². The standard InChI is InChI=1S/C43H30N5PS.C41H28NPS.C37H26NPS/c50-49(36-17-3-1-4-18-36,37-19-5-2-6-20-37)38-25-23-31(24-26-38)41-46-42(34-15-11-13-32(29-34)39-21-7-9-27-44-39)48-43(47-41)35-16-12-14-33(30-35)40-22-8-10-28-45-40;44-43(31-14-3-1-4-15-31,32-16-5-2-6-17-32)33-25-23-30(24-26-33)39-35-19-9-11-21-37(35)40(38-22-12-10-20-36(38)39)41-34-18-8-7-13-29(34)27-28-42-41;40-39(28-13-3-1-4-14-28,29-15-5-2-6-16-29)30-24-22-27(23-25-30)36-31-17-7-9-19-33(31)37(35-21-11-12-26-38-35)34-20-10-8-18-32(34)36/h1-30H;1-28H;1-26H. The number of pyridine rings is 4. The minimum Gasteiger partial charge on any atom is -0.256 e. The van der Waals surface area contributed by atoms with E-state index >= 15 is 0 Å². The van der Waals surface area contributed by atoms with E-state index in [0.717, 1.165) is 71.9 Å². The quantitative estimate of drug-likeness (QED) is 0.0611. The van der Waals surface area contributed by atoms with Crippen LogP contribution in [0.3, 0.4) is 0 Å². The molecule has 0 aliphatic heterocycles. The molecule has 0 atom stereocenters. The van der Waals surface area contributed by atoms with Gasteiger partial charge in [0.2, 0.25) is 0 Å². The first-order chi connectivity index (χ1) is 66.1. The Morgan fingerprint density at radius 3 is 0.731 bits per heavy atom. The van der Waals surface area contributed by atoms with E-state index in [4.69, 9.17) is 60.3 Å². The highest BCUT2D eigenvalue weighted by atomic mass is 32.4. The van der Waals surface area contributed by atoms with E-state index in [1.54, 1.807) is 12.4 Å². The fourth-order valence-electron chi connectivity index (χ4n) is 18.4. The van der Waals surface area contributed by atoms with Crippen LogP contribution in [-0.2, 0) is 35.4 Å². The van der Waals surface area contributed by atoms with E-state index in [9.17, 15) is 0 Å². The Bertz CT molecular complexity index is 8000. The van der Waals surface area contributed by atoms with Gasteiger partial charge in [-0.2, -0.15) is 0 Å². The number of benzene rings is 18. The molecular weight excluding hydrogens is 1740 g/mol. The zero-order chi connectivity index (χ0) is 90.2. The molecule has 0 spiro atoms. The minimum absolute atomic E-state index is 0.578. The molecule has 0 saturated carbocycles. The van der Waals surface area contributed by atoms with E-state index in [1.165, 1.54) is 114 Å². The monoisotopic (exact) mass is 1820 g/mol. The molecule has 13 heteroatoms. The molecule has 18 aromatic carbocycles. The molecule has 23 rings (SSSR count). The van der Waals surface area contributed by atoms with Crippen molar-refractivity contribution in [1.29, 1.82) is 0 Å². The highest BCUT2D eigenvalue weighted by Gasteiger charge is 2.30. The summed E-state index contributed by atoms with van der Waals surface area (Å²) in [5, 5.41) is 22.7. The average Bonchev–Trinajstić information content (AvgIpc) is 0.737. The van der Waals surface area contributed by atoms with Crippen LogP contribution in [-0.4, -0.2) is 34.9 Å². The molecule has 0 fully saturated rings. The lowest BCUT2D eigenvalue weighted by Crippen LogP contribution is -2.24. The predicted octanol–water partition coefficient (Wildman–Crippen LogP) is 26.9. The summed E-state index contributed by atoms with van der Waals surface area (Å²) in [6.45, 7) is 0. The largest absolute Gasteiger partial charge is 0.256 e. The van der Waals surface area contributed by atoms with Crippen LogP contribution in [0.25, 0.3) is 155 Å². The maximum absolute atomic E-state index is 6.63. The molecule has 134 heavy (non-hydrogen) atoms. The average molecular weight is 1830 g/mol. The molecule has 0 bridgehead atoms. The fourth-order valence-corrected chi connectivity index (χ4v) is 29.6. The molecule has 5 heterocycles. The van der Waals surface area contributed by atoms with Gasteiger partial charge in [-0.3, -0.25) is 19.9 Å². The summed E-state index contributed by atoms with van der Waals surface area (Å²) in [5.74, 6) is 1.73. The lowest BCUT2D eigenvalue weighted by Gasteiger charge is -2.24. The van der Waals surface area contributed by atoms with E-state index in [0.29, 0.717) is 17.5 Å². The molecule has 0 radical (unpaired) electrons. The van der Waals surface area contributed by atoms with Gasteiger partial charge in [0.05, 0.1) is 22.8 Å². The summed E-state index contributed by atoms with van der Waals surface area (Å²) >= 11 is 19.8. The number of nitrogens with zero attached hydrogens (tertiary/aromatic N) is 7. The second-order valence-electron chi connectivity index (χ2n) is 32.7. The fraction of sp³-hybridized carbons (Fsp3) is 0. The number of rotatable bonds is 18. The van der Waals surface area contributed by atoms with Crippen molar-refractivity contribution >= 4 is 155 Å². The van der Waals surface area contributed by atoms with Crippen LogP contribution in [0.2, 0.25) is 0 Å². The Labute approximate surface area is 795 Å². The molecule has 636 valence electrons. The summed E-state index contributed by atoms with van der Waals surface area (Å²) in [7, 11) is 0. The first kappa shape index (κ1) is 85.6. The number of aromatic nitrogens is 7. The van der Waals surface area contributed by atoms with Gasteiger partial charge >= 0.3 is 0 Å². The molecule has 0 aliphatic rings. The van der Waals surface area contributed by atoms with Gasteiger partial charge < -0.3 is 0 Å². The van der Waals surface area contributed by atoms with Crippen LogP contribution in [0, 0.1) is 0 Å². The summed E-state index contributed by atoms with van der Waals surface area (Å²) < 4.78 is 0. The second-order valence-corrected chi connectivity index (χ2v) is 45.9. The van der Waals surface area contributed by atoms with Crippen LogP contribution >= 0.6 is 18.1 Å². The molecule has 0 saturated heterocycles. The van der Waals surface area contributed by atoms with E-state index in [-0.39, 0.29) is 0 Å². The number of hydrogen-bond acceptors (Lipinski definition) is 10. The van der Waals surface area contributed by atoms with Gasteiger partial charge in [-0.05, 0) is 173 Å². The maximum Gasteiger partial charge on any atom is 0.164 e. The van der Waals surface area contributed by atoms with Crippen molar-refractivity contribution in [2.24, 2.45) is 0 Å². The van der Waals surface area contributed by atoms with Gasteiger partial charge in [0.1, 0.15) is 0 Å². The van der Waals surface area contributed by atoms with Crippen LogP contribution in [0.1, 0.15) is 0 Å². The van der Waals surface area contributed by atoms with Gasteiger partial charge in [0.15, 0.2) is 17.5 Å². The number of hydrogen-bond donors (Lipinski definition) is 0. The maximum atomic E-state index is 6.63. The smallest absolute Gasteiger partial charge is 0.164 e. The van der Waals surface area contributed by atoms with Crippen molar-refractivity contribution in [2.75, 3.05) is 0 Å². The second kappa shape index (κ2) is 38.3. The molecular formula is C121H84N7P3S3. The van der Waals surface area contributed by atoms with Crippen molar-refractivity contribution in [3.05, 3.63) is 510 Å². The van der Waals surface area contributed by atoms with E-state index in [2.05, 4.69) is 404 Å². The Kier molecular flexibility index (Phi) is 24.5. The van der Waals surface area contributed by atoms with Crippen LogP contribution in [0.4, 0.5) is 0 Å². The van der Waals surface area contributed by atoms with Gasteiger partial charge in [-0.25, -0.2) is 15.0 Å². The van der Waals surface area contributed by atoms with Crippen molar-refractivity contribution in [3.63, 3.8) is 0 Å². The molecule has 0 aliphatic carbocycles. The highest BCUT2D eigenvalue weighted by molar-refractivity contribution is 8.26. The zero-order valence-corrected chi connectivity index (χ0v) is 77.8. The molecule has 7 nitrogen and oxygen atoms in total. The zero-order valence-electron chi connectivity index (χ0n) is 72.7. The molecule has 0 N–H and O–H groups in total. The third-order valence-corrected chi connectivity index (χ3v) is 39.7. The normalized spacial score (nSPS) is 11.5. The molecule has 0 unspecified atom stereocenters. The molecule has 23 aromatic rings. The lowest BCUT2D eigenvalue weighted by atomic mass is 9.86. The van der Waals surface area contributed by atoms with Crippen LogP contribution < -0.4 is 47.7 Å². The Morgan fingerprint density at radius 1 is 0.157 bits per heavy atom. The third kappa shape index (κ3) is 16.8. The van der Waals surface area contributed by atoms with Gasteiger partial charge in [-0.1, -0.05) is 466 Å². The van der Waals surface area contributed by atoms with E-state index < -0.39 is 18.1 Å². The number of fused-ring (bicyclic) bond motifs is 5. The van der Waals surface area contributed by atoms with Crippen molar-refractivity contribution in [1.82, 2.24) is 34.9 Å². The van der Waals surface area contributed by atoms with Crippen LogP contribution in [0.5, 0.6) is 0 Å². The summed E-state index contributed by atoms with van der Waals surface area (Å²) in [6.07, 6.45) is 7.40. The third-order valence-electron chi connectivity index (χ3n) is 24.7. The minimum atomic E-state index is -2.30. The topological polar surface area (TPSA) is 90.2 Å². The van der Waals surface area contributed by atoms with Gasteiger partial charge in [-0.15, -0.1) is 0 Å². The van der Waals surface area contributed by atoms with E-state index in [1.807, 2.05) is 103 Å². The summed E-state index contributed by atoms with van der Waals surface area (Å²) in [4.78, 5) is 34.0. The Balaban J connectivity index is 0.000000121. The first-order valence-electron chi connectivity index (χ1n) is 44.5. The lowest BCUT2D eigenvalue weighted by molar-refractivity contribution is 1.07. The van der Waals surface area contributed by atoms with Crippen molar-refractivity contribution < 1.29 is 0 Å². The predicted molar refractivity (Wildman–Crippen MR) is 579 cm³/mol. The summed E-state index contributed by atoms with van der Waals surface area (Å²) in [5.41, 5.74) is 15.6. The Hall–Kier alpha value is -15.2. The molecule has 0 amide bonds.